The molecule has 0 saturated heterocycles. The number of Topliss-reactive ketones (excluding diaryl/α,β-unsaturated/α-hetero) is 1. The van der Waals surface area contributed by atoms with Gasteiger partial charge in [0.2, 0.25) is 5.78 Å². The molecule has 0 amide bonds. The highest BCUT2D eigenvalue weighted by Gasteiger charge is 2.43. The molecule has 0 N–H and O–H groups in total. The van der Waals surface area contributed by atoms with Crippen molar-refractivity contribution in [2.45, 2.75) is 25.2 Å². The van der Waals surface area contributed by atoms with Crippen molar-refractivity contribution in [3.8, 4) is 0 Å². The molecule has 4 nitrogen and oxygen atoms in total. The maximum atomic E-state index is 13.0. The topological polar surface area (TPSA) is 66.4 Å². The zero-order valence-electron chi connectivity index (χ0n) is 14.9. The van der Waals surface area contributed by atoms with Crippen LogP contribution in [-0.2, 0) is 26.4 Å². The first kappa shape index (κ1) is 18.1. The zero-order valence-corrected chi connectivity index (χ0v) is 16.5. The van der Waals surface area contributed by atoms with Crippen molar-refractivity contribution in [3.63, 3.8) is 0 Å². The molecule has 27 heavy (non-hydrogen) atoms. The molecule has 1 aliphatic rings. The lowest BCUT2D eigenvalue weighted by Crippen LogP contribution is -2.29. The van der Waals surface area contributed by atoms with E-state index in [-0.39, 0.29) is 11.5 Å². The lowest BCUT2D eigenvalue weighted by Gasteiger charge is -2.18. The molecule has 1 aliphatic heterocycles. The van der Waals surface area contributed by atoms with E-state index in [4.69, 9.17) is 4.74 Å². The molecule has 0 radical (unpaired) electrons. The Kier molecular flexibility index (Phi) is 4.50. The van der Waals surface area contributed by atoms with Crippen LogP contribution >= 0.6 is 11.3 Å². The standard InChI is InChI=1S/C21H18O4S2/c1-21(2)20(22)18(17-11-15-5-3-4-6-16(15)26-17)19(25-21)14-9-7-13(8-10-14)12-27(23)24/h3-11H,12H2,1-2H3,(H,23,24)/p-1. The van der Waals surface area contributed by atoms with E-state index in [1.807, 2.05) is 30.3 Å². The van der Waals surface area contributed by atoms with Crippen LogP contribution in [0.4, 0.5) is 0 Å². The number of hydrogen-bond donors (Lipinski definition) is 0. The van der Waals surface area contributed by atoms with Crippen LogP contribution in [0.1, 0.15) is 29.9 Å². The fourth-order valence-corrected chi connectivity index (χ4v) is 4.74. The first-order valence-corrected chi connectivity index (χ1v) is 10.5. The van der Waals surface area contributed by atoms with Crippen molar-refractivity contribution in [2.24, 2.45) is 0 Å². The van der Waals surface area contributed by atoms with Gasteiger partial charge < -0.3 is 9.29 Å². The van der Waals surface area contributed by atoms with E-state index in [1.165, 1.54) is 0 Å². The van der Waals surface area contributed by atoms with Crippen molar-refractivity contribution < 1.29 is 18.3 Å². The summed E-state index contributed by atoms with van der Waals surface area (Å²) in [7, 11) is 0. The highest BCUT2D eigenvalue weighted by atomic mass is 32.2. The van der Waals surface area contributed by atoms with Crippen molar-refractivity contribution in [3.05, 3.63) is 70.6 Å². The van der Waals surface area contributed by atoms with Crippen LogP contribution in [0.5, 0.6) is 0 Å². The van der Waals surface area contributed by atoms with Crippen LogP contribution in [0.3, 0.4) is 0 Å². The van der Waals surface area contributed by atoms with E-state index in [2.05, 4.69) is 0 Å². The third-order valence-electron chi connectivity index (χ3n) is 4.53. The SMILES string of the molecule is CC1(C)OC(c2ccc(CS(=O)[O-])cc2)=C(c2cc3ccccc3s2)C1=O. The average molecular weight is 397 g/mol. The van der Waals surface area contributed by atoms with Crippen molar-refractivity contribution in [1.29, 1.82) is 0 Å². The smallest absolute Gasteiger partial charge is 0.210 e. The number of carbonyl (C=O) groups is 1. The van der Waals surface area contributed by atoms with E-state index >= 15 is 0 Å². The van der Waals surface area contributed by atoms with E-state index in [0.29, 0.717) is 16.9 Å². The van der Waals surface area contributed by atoms with E-state index in [0.717, 1.165) is 20.5 Å². The second kappa shape index (κ2) is 6.71. The summed E-state index contributed by atoms with van der Waals surface area (Å²) < 4.78 is 28.9. The molecule has 4 rings (SSSR count). The van der Waals surface area contributed by atoms with Crippen LogP contribution in [0.15, 0.2) is 54.6 Å². The fourth-order valence-electron chi connectivity index (χ4n) is 3.18. The Hall–Kier alpha value is -2.28. The minimum atomic E-state index is -2.13. The van der Waals surface area contributed by atoms with Gasteiger partial charge in [0.15, 0.2) is 5.60 Å². The predicted octanol–water partition coefficient (Wildman–Crippen LogP) is 4.53. The number of ketones is 1. The van der Waals surface area contributed by atoms with Gasteiger partial charge in [0.1, 0.15) is 5.76 Å². The number of hydrogen-bond acceptors (Lipinski definition) is 5. The second-order valence-electron chi connectivity index (χ2n) is 6.94. The summed E-state index contributed by atoms with van der Waals surface area (Å²) in [6.07, 6.45) is 0. The number of benzene rings is 2. The van der Waals surface area contributed by atoms with Crippen molar-refractivity contribution in [1.82, 2.24) is 0 Å². The van der Waals surface area contributed by atoms with Crippen molar-refractivity contribution >= 4 is 49.6 Å². The molecule has 6 heteroatoms. The first-order chi connectivity index (χ1) is 12.8. The van der Waals surface area contributed by atoms with Crippen LogP contribution in [-0.4, -0.2) is 20.1 Å². The number of carbonyl (C=O) groups excluding carboxylic acids is 1. The van der Waals surface area contributed by atoms with Gasteiger partial charge in [-0.25, -0.2) is 0 Å². The van der Waals surface area contributed by atoms with Gasteiger partial charge in [-0.05, 0) is 36.9 Å². The fraction of sp³-hybridized carbons (Fsp3) is 0.190. The summed E-state index contributed by atoms with van der Waals surface area (Å²) in [4.78, 5) is 13.9. The normalized spacial score (nSPS) is 17.4. The lowest BCUT2D eigenvalue weighted by atomic mass is 9.96. The molecule has 138 valence electrons. The monoisotopic (exact) mass is 397 g/mol. The predicted molar refractivity (Wildman–Crippen MR) is 108 cm³/mol. The number of thiophene rings is 1. The Balaban J connectivity index is 1.83. The van der Waals surface area contributed by atoms with Gasteiger partial charge in [0.25, 0.3) is 0 Å². The molecular weight excluding hydrogens is 380 g/mol. The highest BCUT2D eigenvalue weighted by molar-refractivity contribution is 7.78. The first-order valence-electron chi connectivity index (χ1n) is 8.47. The number of ether oxygens (including phenoxy) is 1. The minimum absolute atomic E-state index is 0.0339. The molecule has 0 aliphatic carbocycles. The molecule has 3 aromatic rings. The summed E-state index contributed by atoms with van der Waals surface area (Å²) in [5.74, 6) is 0.466. The maximum Gasteiger partial charge on any atom is 0.210 e. The molecule has 2 aromatic carbocycles. The Morgan fingerprint density at radius 3 is 2.48 bits per heavy atom. The summed E-state index contributed by atoms with van der Waals surface area (Å²) in [6, 6.07) is 17.1. The van der Waals surface area contributed by atoms with Gasteiger partial charge in [-0.1, -0.05) is 53.5 Å². The summed E-state index contributed by atoms with van der Waals surface area (Å²) in [5.41, 5.74) is 1.11. The van der Waals surface area contributed by atoms with E-state index in [9.17, 15) is 13.6 Å². The maximum absolute atomic E-state index is 13.0. The molecule has 1 aromatic heterocycles. The molecule has 0 spiro atoms. The molecule has 0 fully saturated rings. The molecule has 1 unspecified atom stereocenters. The van der Waals surface area contributed by atoms with Crippen LogP contribution in [0, 0.1) is 0 Å². The molecule has 0 saturated carbocycles. The van der Waals surface area contributed by atoms with Crippen molar-refractivity contribution in [2.75, 3.05) is 0 Å². The van der Waals surface area contributed by atoms with Gasteiger partial charge in [0, 0.05) is 20.9 Å². The molecule has 1 atom stereocenters. The van der Waals surface area contributed by atoms with Gasteiger partial charge in [0.05, 0.1) is 5.57 Å². The second-order valence-corrected chi connectivity index (χ2v) is 8.92. The minimum Gasteiger partial charge on any atom is -0.772 e. The Labute approximate surface area is 163 Å². The average Bonchev–Trinajstić information content (AvgIpc) is 3.14. The van der Waals surface area contributed by atoms with Crippen LogP contribution < -0.4 is 0 Å². The van der Waals surface area contributed by atoms with Gasteiger partial charge in [-0.3, -0.25) is 9.00 Å². The third-order valence-corrected chi connectivity index (χ3v) is 6.23. The highest BCUT2D eigenvalue weighted by Crippen LogP contribution is 2.44. The Morgan fingerprint density at radius 2 is 1.81 bits per heavy atom. The van der Waals surface area contributed by atoms with Crippen LogP contribution in [0.2, 0.25) is 0 Å². The van der Waals surface area contributed by atoms with E-state index < -0.39 is 16.7 Å². The van der Waals surface area contributed by atoms with E-state index in [1.54, 1.807) is 49.4 Å². The van der Waals surface area contributed by atoms with Gasteiger partial charge in [-0.15, -0.1) is 11.3 Å². The van der Waals surface area contributed by atoms with Gasteiger partial charge in [-0.2, -0.15) is 0 Å². The summed E-state index contributed by atoms with van der Waals surface area (Å²) in [5, 5.41) is 1.09. The lowest BCUT2D eigenvalue weighted by molar-refractivity contribution is -0.125. The summed E-state index contributed by atoms with van der Waals surface area (Å²) >= 11 is -0.566. The quantitative estimate of drug-likeness (QED) is 0.607. The number of rotatable bonds is 4. The number of fused-ring (bicyclic) bond motifs is 1. The Bertz CT molecular complexity index is 1060. The molecular formula is C21H17O4S2-. The Morgan fingerprint density at radius 1 is 1.11 bits per heavy atom. The summed E-state index contributed by atoms with van der Waals surface area (Å²) in [6.45, 7) is 3.54. The largest absolute Gasteiger partial charge is 0.772 e. The third kappa shape index (κ3) is 3.36. The van der Waals surface area contributed by atoms with Gasteiger partial charge >= 0.3 is 0 Å². The molecule has 2 heterocycles. The zero-order chi connectivity index (χ0) is 19.2. The molecule has 0 bridgehead atoms. The van der Waals surface area contributed by atoms with Crippen LogP contribution in [0.25, 0.3) is 21.4 Å².